The minimum Gasteiger partial charge on any atom is -0.348 e. The van der Waals surface area contributed by atoms with E-state index < -0.39 is 17.5 Å². The third-order valence-electron chi connectivity index (χ3n) is 5.50. The monoisotopic (exact) mass is 411 g/mol. The lowest BCUT2D eigenvalue weighted by Gasteiger charge is -2.33. The number of benzene rings is 1. The molecule has 4 amide bonds. The van der Waals surface area contributed by atoms with E-state index in [0.29, 0.717) is 28.8 Å². The van der Waals surface area contributed by atoms with Crippen LogP contribution in [0.5, 0.6) is 0 Å². The maximum absolute atomic E-state index is 12.8. The predicted octanol–water partition coefficient (Wildman–Crippen LogP) is 3.67. The molecule has 1 saturated carbocycles. The summed E-state index contributed by atoms with van der Waals surface area (Å²) >= 11 is 11.9. The van der Waals surface area contributed by atoms with E-state index in [1.807, 2.05) is 0 Å². The number of halogens is 2. The summed E-state index contributed by atoms with van der Waals surface area (Å²) in [7, 11) is 0. The van der Waals surface area contributed by atoms with Crippen molar-refractivity contribution in [2.45, 2.75) is 51.1 Å². The summed E-state index contributed by atoms with van der Waals surface area (Å²) in [5.41, 5.74) is -0.0492. The Hall–Kier alpha value is -1.79. The minimum absolute atomic E-state index is 0.295. The van der Waals surface area contributed by atoms with Gasteiger partial charge in [-0.1, -0.05) is 36.2 Å². The van der Waals surface area contributed by atoms with Crippen LogP contribution in [0.2, 0.25) is 10.0 Å². The topological polar surface area (TPSA) is 78.5 Å². The van der Waals surface area contributed by atoms with Crippen molar-refractivity contribution >= 4 is 41.0 Å². The fourth-order valence-electron chi connectivity index (χ4n) is 3.71. The highest BCUT2D eigenvalue weighted by Crippen LogP contribution is 2.36. The predicted molar refractivity (Wildman–Crippen MR) is 104 cm³/mol. The molecule has 1 aromatic carbocycles. The van der Waals surface area contributed by atoms with Crippen molar-refractivity contribution in [2.75, 3.05) is 6.54 Å². The van der Waals surface area contributed by atoms with Gasteiger partial charge < -0.3 is 10.6 Å². The average molecular weight is 412 g/mol. The second kappa shape index (κ2) is 7.68. The van der Waals surface area contributed by atoms with Gasteiger partial charge in [0.15, 0.2) is 0 Å². The second-order valence-electron chi connectivity index (χ2n) is 7.55. The Balaban J connectivity index is 1.62. The summed E-state index contributed by atoms with van der Waals surface area (Å²) in [6.45, 7) is 3.64. The summed E-state index contributed by atoms with van der Waals surface area (Å²) < 4.78 is 0. The molecule has 1 aliphatic heterocycles. The molecule has 8 heteroatoms. The minimum atomic E-state index is -0.834. The highest BCUT2D eigenvalue weighted by molar-refractivity contribution is 6.42. The smallest absolute Gasteiger partial charge is 0.325 e. The average Bonchev–Trinajstić information content (AvgIpc) is 2.84. The summed E-state index contributed by atoms with van der Waals surface area (Å²) in [6.07, 6.45) is 3.02. The van der Waals surface area contributed by atoms with E-state index in [0.717, 1.165) is 23.3 Å². The summed E-state index contributed by atoms with van der Waals surface area (Å²) in [5.74, 6) is -0.153. The summed E-state index contributed by atoms with van der Waals surface area (Å²) in [4.78, 5) is 38.5. The molecule has 2 N–H and O–H groups in total. The van der Waals surface area contributed by atoms with Crippen LogP contribution in [-0.4, -0.2) is 34.8 Å². The zero-order valence-electron chi connectivity index (χ0n) is 15.4. The first-order chi connectivity index (χ1) is 12.7. The molecule has 1 heterocycles. The first-order valence-electron chi connectivity index (χ1n) is 9.10. The van der Waals surface area contributed by atoms with Crippen LogP contribution < -0.4 is 10.6 Å². The molecule has 0 radical (unpaired) electrons. The van der Waals surface area contributed by atoms with Gasteiger partial charge in [-0.05, 0) is 56.2 Å². The van der Waals surface area contributed by atoms with Crippen LogP contribution in [0.25, 0.3) is 0 Å². The maximum Gasteiger partial charge on any atom is 0.325 e. The highest BCUT2D eigenvalue weighted by Gasteiger charge is 2.52. The summed E-state index contributed by atoms with van der Waals surface area (Å²) in [5, 5.41) is 6.45. The van der Waals surface area contributed by atoms with Crippen LogP contribution in [-0.2, 0) is 9.59 Å². The van der Waals surface area contributed by atoms with E-state index in [2.05, 4.69) is 17.6 Å². The number of rotatable bonds is 4. The number of hydrogen-bond donors (Lipinski definition) is 2. The lowest BCUT2D eigenvalue weighted by atomic mass is 9.77. The van der Waals surface area contributed by atoms with Crippen LogP contribution >= 0.6 is 23.2 Å². The molecule has 1 aliphatic carbocycles. The van der Waals surface area contributed by atoms with Crippen molar-refractivity contribution in [1.82, 2.24) is 15.5 Å². The van der Waals surface area contributed by atoms with Gasteiger partial charge in [0.1, 0.15) is 12.1 Å². The third kappa shape index (κ3) is 4.06. The van der Waals surface area contributed by atoms with E-state index in [1.165, 1.54) is 0 Å². The lowest BCUT2D eigenvalue weighted by Crippen LogP contribution is -2.50. The molecule has 1 aromatic rings. The van der Waals surface area contributed by atoms with Crippen molar-refractivity contribution in [2.24, 2.45) is 5.92 Å². The maximum atomic E-state index is 12.8. The van der Waals surface area contributed by atoms with Crippen molar-refractivity contribution in [1.29, 1.82) is 0 Å². The first-order valence-corrected chi connectivity index (χ1v) is 9.86. The fourth-order valence-corrected chi connectivity index (χ4v) is 4.02. The normalized spacial score (nSPS) is 26.2. The van der Waals surface area contributed by atoms with Crippen LogP contribution in [0, 0.1) is 5.92 Å². The quantitative estimate of drug-likeness (QED) is 0.741. The molecule has 1 spiro atoms. The molecule has 1 saturated heterocycles. The Morgan fingerprint density at radius 1 is 1.30 bits per heavy atom. The number of carbonyl (C=O) groups excluding carboxylic acids is 3. The molecule has 1 unspecified atom stereocenters. The molecular formula is C19H23Cl2N3O3. The molecule has 0 aromatic heterocycles. The SMILES string of the molecule is CC1CCC2(CC1)NC(=O)N(CC(=O)NC(C)c1ccc(Cl)c(Cl)c1)C2=O. The van der Waals surface area contributed by atoms with E-state index >= 15 is 0 Å². The Bertz CT molecular complexity index is 775. The number of imide groups is 1. The fraction of sp³-hybridized carbons (Fsp3) is 0.526. The lowest BCUT2D eigenvalue weighted by molar-refractivity contribution is -0.136. The van der Waals surface area contributed by atoms with Gasteiger partial charge in [0.25, 0.3) is 5.91 Å². The molecule has 2 aliphatic rings. The van der Waals surface area contributed by atoms with E-state index in [1.54, 1.807) is 25.1 Å². The number of amides is 4. The standard InChI is InChI=1S/C19H23Cl2N3O3/c1-11-5-7-19(8-6-11)17(26)24(18(27)23-19)10-16(25)22-12(2)13-3-4-14(20)15(21)9-13/h3-4,9,11-12H,5-8,10H2,1-2H3,(H,22,25)(H,23,27). The van der Waals surface area contributed by atoms with E-state index in [9.17, 15) is 14.4 Å². The van der Waals surface area contributed by atoms with Crippen molar-refractivity contribution in [3.05, 3.63) is 33.8 Å². The van der Waals surface area contributed by atoms with Gasteiger partial charge in [-0.15, -0.1) is 0 Å². The zero-order valence-corrected chi connectivity index (χ0v) is 16.9. The van der Waals surface area contributed by atoms with Crippen LogP contribution in [0.4, 0.5) is 4.79 Å². The number of carbonyl (C=O) groups is 3. The Kier molecular flexibility index (Phi) is 5.68. The van der Waals surface area contributed by atoms with Gasteiger partial charge in [0, 0.05) is 0 Å². The molecule has 6 nitrogen and oxygen atoms in total. The van der Waals surface area contributed by atoms with Crippen molar-refractivity contribution in [3.63, 3.8) is 0 Å². The Labute approximate surface area is 168 Å². The number of hydrogen-bond acceptors (Lipinski definition) is 3. The molecule has 3 rings (SSSR count). The Morgan fingerprint density at radius 3 is 2.59 bits per heavy atom. The van der Waals surface area contributed by atoms with E-state index in [4.69, 9.17) is 23.2 Å². The second-order valence-corrected chi connectivity index (χ2v) is 8.36. The molecule has 1 atom stereocenters. The van der Waals surface area contributed by atoms with Crippen LogP contribution in [0.1, 0.15) is 51.1 Å². The molecular weight excluding hydrogens is 389 g/mol. The molecule has 27 heavy (non-hydrogen) atoms. The van der Waals surface area contributed by atoms with Crippen LogP contribution in [0.3, 0.4) is 0 Å². The number of nitrogens with zero attached hydrogens (tertiary/aromatic N) is 1. The van der Waals surface area contributed by atoms with Gasteiger partial charge in [-0.25, -0.2) is 4.79 Å². The van der Waals surface area contributed by atoms with Crippen molar-refractivity contribution < 1.29 is 14.4 Å². The van der Waals surface area contributed by atoms with Gasteiger partial charge in [-0.2, -0.15) is 0 Å². The third-order valence-corrected chi connectivity index (χ3v) is 6.24. The Morgan fingerprint density at radius 2 is 1.96 bits per heavy atom. The largest absolute Gasteiger partial charge is 0.348 e. The van der Waals surface area contributed by atoms with Gasteiger partial charge >= 0.3 is 6.03 Å². The molecule has 146 valence electrons. The van der Waals surface area contributed by atoms with Gasteiger partial charge in [0.2, 0.25) is 5.91 Å². The van der Waals surface area contributed by atoms with Gasteiger partial charge in [-0.3, -0.25) is 14.5 Å². The highest BCUT2D eigenvalue weighted by atomic mass is 35.5. The summed E-state index contributed by atoms with van der Waals surface area (Å²) in [6, 6.07) is 4.28. The van der Waals surface area contributed by atoms with Gasteiger partial charge in [0.05, 0.1) is 16.1 Å². The van der Waals surface area contributed by atoms with Crippen LogP contribution in [0.15, 0.2) is 18.2 Å². The number of nitrogens with one attached hydrogen (secondary N) is 2. The first kappa shape index (κ1) is 20.0. The molecule has 2 fully saturated rings. The van der Waals surface area contributed by atoms with Crippen molar-refractivity contribution in [3.8, 4) is 0 Å². The van der Waals surface area contributed by atoms with E-state index in [-0.39, 0.29) is 18.5 Å². The zero-order chi connectivity index (χ0) is 19.8. The molecule has 0 bridgehead atoms. The number of urea groups is 1.